The molecule has 0 heterocycles. The van der Waals surface area contributed by atoms with E-state index in [0.29, 0.717) is 5.41 Å². The van der Waals surface area contributed by atoms with Crippen molar-refractivity contribution in [2.24, 2.45) is 11.3 Å². The second-order valence-corrected chi connectivity index (χ2v) is 13.1. The minimum absolute atomic E-state index is 0.416. The number of hydrogen-bond acceptors (Lipinski definition) is 1. The smallest absolute Gasteiger partial charge is 0.00505 e. The topological polar surface area (TPSA) is 23.9 Å². The maximum atomic E-state index is 6.33. The molecule has 2 aliphatic carbocycles. The van der Waals surface area contributed by atoms with Crippen LogP contribution in [0.3, 0.4) is 0 Å². The molecule has 1 heteroatoms. The molecule has 0 aromatic heterocycles. The maximum Gasteiger partial charge on any atom is -0.00505 e. The summed E-state index contributed by atoms with van der Waals surface area (Å²) in [5.41, 5.74) is 10.0. The fourth-order valence-electron chi connectivity index (χ4n) is 5.35. The molecule has 1 unspecified atom stereocenters. The highest BCUT2D eigenvalue weighted by molar-refractivity contribution is 5.51. The Hall–Kier alpha value is -3.81. The zero-order chi connectivity index (χ0) is 38.1. The molecule has 2 aromatic carbocycles. The number of rotatable bonds is 7. The molecule has 0 aliphatic heterocycles. The van der Waals surface area contributed by atoms with Crippen molar-refractivity contribution in [3.8, 4) is 25.7 Å². The standard InChI is InChI=1S/C16H24.C12H16.C10H14.C3H7N.C3H8.2C2H2/c1-13(2)14-9-11-16(3,12-10-14)15-7-5-4-6-8-15;1-10(2)8-9-12-7-5-4-6-11(12)3;1-3-9-6-5-7-10(4-2)8-9;1-2-3-4;1-3-2;2*1-2/h9-11,15H,1,4-8,12H2,2-3H3;4-8H,9H2,1-3H3;5-8H,3-4H2,1-2H3;3-4H,2H2,1H3;3H2,1-2H3;2*1-2H. The summed E-state index contributed by atoms with van der Waals surface area (Å²) in [5.74, 6) is 0.903. The first kappa shape index (κ1) is 49.6. The van der Waals surface area contributed by atoms with Crippen molar-refractivity contribution in [2.45, 2.75) is 140 Å². The monoisotopic (exact) mass is 664 g/mol. The van der Waals surface area contributed by atoms with Crippen LogP contribution in [0.5, 0.6) is 0 Å². The van der Waals surface area contributed by atoms with Crippen molar-refractivity contribution in [2.75, 3.05) is 0 Å². The second kappa shape index (κ2) is 32.7. The van der Waals surface area contributed by atoms with E-state index in [9.17, 15) is 0 Å². The Morgan fingerprint density at radius 2 is 1.37 bits per heavy atom. The molecule has 1 fully saturated rings. The average Bonchev–Trinajstić information content (AvgIpc) is 3.14. The number of aryl methyl sites for hydroxylation is 3. The third kappa shape index (κ3) is 24.0. The normalized spacial score (nSPS) is 15.5. The van der Waals surface area contributed by atoms with Gasteiger partial charge >= 0.3 is 0 Å². The van der Waals surface area contributed by atoms with Crippen molar-refractivity contribution in [3.05, 3.63) is 118 Å². The van der Waals surface area contributed by atoms with Crippen LogP contribution in [0, 0.1) is 49.4 Å². The van der Waals surface area contributed by atoms with Crippen LogP contribution in [0.15, 0.2) is 96.1 Å². The lowest BCUT2D eigenvalue weighted by atomic mass is 9.66. The number of benzene rings is 2. The van der Waals surface area contributed by atoms with Gasteiger partial charge in [0.1, 0.15) is 0 Å². The quantitative estimate of drug-likeness (QED) is 0.173. The summed E-state index contributed by atoms with van der Waals surface area (Å²) in [6.45, 7) is 25.6. The Morgan fingerprint density at radius 3 is 1.76 bits per heavy atom. The predicted octanol–water partition coefficient (Wildman–Crippen LogP) is 14.3. The Labute approximate surface area is 306 Å². The molecule has 270 valence electrons. The Kier molecular flexibility index (Phi) is 33.1. The number of terminal acetylenes is 2. The van der Waals surface area contributed by atoms with E-state index in [1.54, 1.807) is 0 Å². The molecule has 1 N–H and O–H groups in total. The molecule has 4 rings (SSSR count). The molecule has 0 amide bonds. The molecule has 0 radical (unpaired) electrons. The van der Waals surface area contributed by atoms with E-state index in [1.807, 2.05) is 6.92 Å². The predicted molar refractivity (Wildman–Crippen MR) is 226 cm³/mol. The van der Waals surface area contributed by atoms with E-state index in [2.05, 4.69) is 167 Å². The molecule has 0 saturated heterocycles. The van der Waals surface area contributed by atoms with Gasteiger partial charge in [0, 0.05) is 0 Å². The summed E-state index contributed by atoms with van der Waals surface area (Å²) in [4.78, 5) is 0. The van der Waals surface area contributed by atoms with Gasteiger partial charge in [0.05, 0.1) is 0 Å². The molecule has 1 saturated carbocycles. The van der Waals surface area contributed by atoms with Crippen LogP contribution >= 0.6 is 0 Å². The molecule has 2 aliphatic rings. The minimum Gasteiger partial charge on any atom is -0.313 e. The van der Waals surface area contributed by atoms with Crippen LogP contribution in [0.1, 0.15) is 136 Å². The summed E-state index contributed by atoms with van der Waals surface area (Å²) in [6, 6.07) is 17.3. The Bertz CT molecular complexity index is 1230. The first-order chi connectivity index (χ1) is 23.5. The van der Waals surface area contributed by atoms with Gasteiger partial charge in [-0.15, -0.1) is 25.7 Å². The van der Waals surface area contributed by atoms with Gasteiger partial charge in [-0.1, -0.05) is 158 Å². The second-order valence-electron chi connectivity index (χ2n) is 13.1. The van der Waals surface area contributed by atoms with Crippen molar-refractivity contribution in [1.82, 2.24) is 0 Å². The van der Waals surface area contributed by atoms with Crippen molar-refractivity contribution in [1.29, 1.82) is 5.41 Å². The first-order valence-electron chi connectivity index (χ1n) is 18.5. The van der Waals surface area contributed by atoms with E-state index in [1.165, 1.54) is 90.1 Å². The molecule has 1 nitrogen and oxygen atoms in total. The van der Waals surface area contributed by atoms with E-state index in [0.717, 1.165) is 31.6 Å². The third-order valence-electron chi connectivity index (χ3n) is 8.44. The van der Waals surface area contributed by atoms with E-state index in [4.69, 9.17) is 5.41 Å². The highest BCUT2D eigenvalue weighted by atomic mass is 14.4. The maximum absolute atomic E-state index is 6.33. The van der Waals surface area contributed by atoms with Crippen LogP contribution in [-0.4, -0.2) is 6.21 Å². The zero-order valence-corrected chi connectivity index (χ0v) is 33.4. The molecule has 49 heavy (non-hydrogen) atoms. The fourth-order valence-corrected chi connectivity index (χ4v) is 5.35. The van der Waals surface area contributed by atoms with Crippen LogP contribution in [-0.2, 0) is 19.3 Å². The fraction of sp³-hybridized carbons (Fsp3) is 0.479. The lowest BCUT2D eigenvalue weighted by Crippen LogP contribution is -2.28. The number of nitrogens with one attached hydrogen (secondary N) is 1. The van der Waals surface area contributed by atoms with Gasteiger partial charge in [0.25, 0.3) is 0 Å². The minimum atomic E-state index is 0.416. The molecule has 0 spiro atoms. The Balaban J connectivity index is -0.000000574. The summed E-state index contributed by atoms with van der Waals surface area (Å²) < 4.78 is 0. The van der Waals surface area contributed by atoms with Gasteiger partial charge < -0.3 is 5.41 Å². The van der Waals surface area contributed by atoms with Gasteiger partial charge in [-0.05, 0) is 118 Å². The zero-order valence-electron chi connectivity index (χ0n) is 33.4. The molecule has 1 atom stereocenters. The molecular weight excluding hydrogens is 591 g/mol. The highest BCUT2D eigenvalue weighted by Gasteiger charge is 2.33. The van der Waals surface area contributed by atoms with E-state index < -0.39 is 0 Å². The largest absolute Gasteiger partial charge is 0.313 e. The van der Waals surface area contributed by atoms with Crippen molar-refractivity contribution >= 4 is 6.21 Å². The van der Waals surface area contributed by atoms with Crippen molar-refractivity contribution in [3.63, 3.8) is 0 Å². The van der Waals surface area contributed by atoms with E-state index >= 15 is 0 Å². The summed E-state index contributed by atoms with van der Waals surface area (Å²) >= 11 is 0. The van der Waals surface area contributed by atoms with Gasteiger partial charge in [-0.25, -0.2) is 0 Å². The average molecular weight is 664 g/mol. The van der Waals surface area contributed by atoms with Gasteiger partial charge in [0.2, 0.25) is 0 Å². The summed E-state index contributed by atoms with van der Waals surface area (Å²) in [7, 11) is 0. The molecular formula is C48H73N. The summed E-state index contributed by atoms with van der Waals surface area (Å²) in [6.07, 6.45) is 40.6. The van der Waals surface area contributed by atoms with E-state index in [-0.39, 0.29) is 0 Å². The first-order valence-corrected chi connectivity index (χ1v) is 18.5. The molecule has 0 bridgehead atoms. The van der Waals surface area contributed by atoms with Crippen LogP contribution in [0.4, 0.5) is 0 Å². The lowest BCUT2D eigenvalue weighted by Gasteiger charge is -2.39. The Morgan fingerprint density at radius 1 is 0.857 bits per heavy atom. The SMILES string of the molecule is C#C.C#C.C=C(C)C1=CCC(C)(C2CCCCC2)C=C1.CC(C)=CCc1ccccc1C.CCC.CCC=N.CCc1cccc(CC)c1. The van der Waals surface area contributed by atoms with Gasteiger partial charge in [-0.3, -0.25) is 0 Å². The molecule has 2 aromatic rings. The van der Waals surface area contributed by atoms with Gasteiger partial charge in [-0.2, -0.15) is 0 Å². The third-order valence-corrected chi connectivity index (χ3v) is 8.44. The number of allylic oxidation sites excluding steroid dienone is 7. The lowest BCUT2D eigenvalue weighted by molar-refractivity contribution is 0.190. The highest BCUT2D eigenvalue weighted by Crippen LogP contribution is 2.44. The van der Waals surface area contributed by atoms with Crippen molar-refractivity contribution < 1.29 is 0 Å². The van der Waals surface area contributed by atoms with Crippen LogP contribution < -0.4 is 0 Å². The van der Waals surface area contributed by atoms with Crippen LogP contribution in [0.25, 0.3) is 0 Å². The van der Waals surface area contributed by atoms with Crippen LogP contribution in [0.2, 0.25) is 0 Å². The van der Waals surface area contributed by atoms with Gasteiger partial charge in [0.15, 0.2) is 0 Å². The number of hydrogen-bond donors (Lipinski definition) is 1. The summed E-state index contributed by atoms with van der Waals surface area (Å²) in [5, 5.41) is 6.33.